The molecule has 2 aromatic rings. The van der Waals surface area contributed by atoms with Crippen LogP contribution in [-0.2, 0) is 0 Å². The second kappa shape index (κ2) is 6.19. The first kappa shape index (κ1) is 14.1. The summed E-state index contributed by atoms with van der Waals surface area (Å²) in [5.74, 6) is 0.721. The van der Waals surface area contributed by atoms with E-state index in [1.54, 1.807) is 6.92 Å². The van der Waals surface area contributed by atoms with Crippen LogP contribution in [0.1, 0.15) is 22.8 Å². The minimum Gasteiger partial charge on any atom is -0.483 e. The number of carbonyl (C=O) groups is 1. The Balaban J connectivity index is 2.09. The van der Waals surface area contributed by atoms with Crippen molar-refractivity contribution in [1.82, 2.24) is 0 Å². The monoisotopic (exact) mass is 366 g/mol. The molecule has 0 amide bonds. The summed E-state index contributed by atoms with van der Waals surface area (Å²) in [6, 6.07) is 15.2. The van der Waals surface area contributed by atoms with Crippen molar-refractivity contribution >= 4 is 28.4 Å². The van der Waals surface area contributed by atoms with Gasteiger partial charge >= 0.3 is 0 Å². The van der Waals surface area contributed by atoms with Crippen LogP contribution in [0, 0.1) is 10.5 Å². The van der Waals surface area contributed by atoms with E-state index in [2.05, 4.69) is 22.6 Å². The Kier molecular flexibility index (Phi) is 4.58. The molecule has 0 N–H and O–H groups in total. The molecule has 0 bridgehead atoms. The Morgan fingerprint density at radius 2 is 1.84 bits per heavy atom. The van der Waals surface area contributed by atoms with Crippen LogP contribution in [0.2, 0.25) is 0 Å². The summed E-state index contributed by atoms with van der Waals surface area (Å²) >= 11 is 2.22. The van der Waals surface area contributed by atoms with Gasteiger partial charge in [-0.1, -0.05) is 35.9 Å². The van der Waals surface area contributed by atoms with Gasteiger partial charge < -0.3 is 4.74 Å². The highest BCUT2D eigenvalue weighted by molar-refractivity contribution is 14.1. The summed E-state index contributed by atoms with van der Waals surface area (Å²) in [7, 11) is 0. The number of ether oxygens (including phenoxy) is 1. The number of hydrogen-bond acceptors (Lipinski definition) is 2. The molecule has 2 aromatic carbocycles. The number of Topliss-reactive ketones (excluding diaryl/α,β-unsaturated/α-hetero) is 1. The van der Waals surface area contributed by atoms with Gasteiger partial charge in [0.25, 0.3) is 0 Å². The minimum absolute atomic E-state index is 0.00105. The molecule has 2 rings (SSSR count). The molecule has 0 fully saturated rings. The Morgan fingerprint density at radius 1 is 1.16 bits per heavy atom. The van der Waals surface area contributed by atoms with Gasteiger partial charge in [-0.15, -0.1) is 0 Å². The number of carbonyl (C=O) groups excluding carboxylic acids is 1. The van der Waals surface area contributed by atoms with E-state index >= 15 is 0 Å². The second-order valence-electron chi connectivity index (χ2n) is 4.45. The fourth-order valence-electron chi connectivity index (χ4n) is 1.75. The first-order chi connectivity index (χ1) is 9.06. The van der Waals surface area contributed by atoms with Crippen molar-refractivity contribution in [2.75, 3.05) is 0 Å². The number of rotatable bonds is 4. The quantitative estimate of drug-likeness (QED) is 0.597. The number of aryl methyl sites for hydroxylation is 1. The number of benzene rings is 2. The van der Waals surface area contributed by atoms with Crippen LogP contribution in [-0.4, -0.2) is 11.9 Å². The van der Waals surface area contributed by atoms with Crippen molar-refractivity contribution in [3.8, 4) is 5.75 Å². The van der Waals surface area contributed by atoms with E-state index < -0.39 is 6.10 Å². The summed E-state index contributed by atoms with van der Waals surface area (Å²) in [5, 5.41) is 0. The average molecular weight is 366 g/mol. The Morgan fingerprint density at radius 3 is 2.47 bits per heavy atom. The zero-order valence-electron chi connectivity index (χ0n) is 10.9. The summed E-state index contributed by atoms with van der Waals surface area (Å²) < 4.78 is 6.78. The average Bonchev–Trinajstić information content (AvgIpc) is 2.39. The van der Waals surface area contributed by atoms with Gasteiger partial charge in [-0.05, 0) is 54.6 Å². The lowest BCUT2D eigenvalue weighted by Gasteiger charge is -2.14. The van der Waals surface area contributed by atoms with Crippen molar-refractivity contribution < 1.29 is 9.53 Å². The highest BCUT2D eigenvalue weighted by Crippen LogP contribution is 2.17. The van der Waals surface area contributed by atoms with Crippen LogP contribution in [0.3, 0.4) is 0 Å². The van der Waals surface area contributed by atoms with Crippen LogP contribution in [0.15, 0.2) is 48.5 Å². The molecule has 98 valence electrons. The van der Waals surface area contributed by atoms with Gasteiger partial charge in [0.05, 0.1) is 0 Å². The highest BCUT2D eigenvalue weighted by atomic mass is 127. The molecule has 0 aliphatic heterocycles. The molecule has 0 radical (unpaired) electrons. The first-order valence-corrected chi connectivity index (χ1v) is 7.17. The van der Waals surface area contributed by atoms with Crippen LogP contribution in [0.5, 0.6) is 5.75 Å². The fraction of sp³-hybridized carbons (Fsp3) is 0.188. The van der Waals surface area contributed by atoms with Gasteiger partial charge in [-0.25, -0.2) is 0 Å². The Bertz CT molecular complexity index is 576. The molecule has 3 heteroatoms. The van der Waals surface area contributed by atoms with Crippen molar-refractivity contribution in [3.05, 3.63) is 63.2 Å². The first-order valence-electron chi connectivity index (χ1n) is 6.09. The molecule has 19 heavy (non-hydrogen) atoms. The van der Waals surface area contributed by atoms with E-state index in [-0.39, 0.29) is 5.78 Å². The van der Waals surface area contributed by atoms with Gasteiger partial charge in [0, 0.05) is 9.13 Å². The van der Waals surface area contributed by atoms with Crippen molar-refractivity contribution in [2.24, 2.45) is 0 Å². The predicted molar refractivity (Wildman–Crippen MR) is 84.8 cm³/mol. The van der Waals surface area contributed by atoms with Crippen LogP contribution in [0.25, 0.3) is 0 Å². The number of ketones is 1. The molecule has 0 aliphatic rings. The molecule has 0 aromatic heterocycles. The molecule has 1 unspecified atom stereocenters. The van der Waals surface area contributed by atoms with Crippen LogP contribution >= 0.6 is 22.6 Å². The largest absolute Gasteiger partial charge is 0.483 e. The Labute approximate surface area is 126 Å². The smallest absolute Gasteiger partial charge is 0.202 e. The zero-order valence-corrected chi connectivity index (χ0v) is 13.0. The normalized spacial score (nSPS) is 11.9. The molecule has 2 nitrogen and oxygen atoms in total. The maximum absolute atomic E-state index is 12.2. The molecular weight excluding hydrogens is 351 g/mol. The molecule has 0 heterocycles. The lowest BCUT2D eigenvalue weighted by molar-refractivity contribution is 0.0818. The van der Waals surface area contributed by atoms with E-state index in [1.807, 2.05) is 55.5 Å². The summed E-state index contributed by atoms with van der Waals surface area (Å²) in [6.45, 7) is 3.78. The van der Waals surface area contributed by atoms with Gasteiger partial charge in [0.2, 0.25) is 5.78 Å². The van der Waals surface area contributed by atoms with E-state index in [1.165, 1.54) is 0 Å². The predicted octanol–water partition coefficient (Wildman–Crippen LogP) is 4.25. The number of halogens is 1. The van der Waals surface area contributed by atoms with E-state index in [4.69, 9.17) is 4.74 Å². The third-order valence-electron chi connectivity index (χ3n) is 2.81. The standard InChI is InChI=1S/C16H15IO2/c1-11-6-8-13(9-7-11)16(18)12(2)19-15-5-3-4-14(17)10-15/h3-10,12H,1-2H3. The fourth-order valence-corrected chi connectivity index (χ4v) is 2.27. The molecule has 0 aliphatic carbocycles. The molecule has 0 saturated carbocycles. The Hall–Kier alpha value is -1.36. The summed E-state index contributed by atoms with van der Waals surface area (Å²) in [6.07, 6.45) is -0.485. The molecule has 0 saturated heterocycles. The van der Waals surface area contributed by atoms with Gasteiger partial charge in [0.1, 0.15) is 5.75 Å². The van der Waals surface area contributed by atoms with E-state index in [9.17, 15) is 4.79 Å². The van der Waals surface area contributed by atoms with Crippen molar-refractivity contribution in [1.29, 1.82) is 0 Å². The van der Waals surface area contributed by atoms with Crippen molar-refractivity contribution in [3.63, 3.8) is 0 Å². The summed E-state index contributed by atoms with van der Waals surface area (Å²) in [4.78, 5) is 12.2. The zero-order chi connectivity index (χ0) is 13.8. The lowest BCUT2D eigenvalue weighted by Crippen LogP contribution is -2.23. The maximum atomic E-state index is 12.2. The maximum Gasteiger partial charge on any atom is 0.202 e. The van der Waals surface area contributed by atoms with Crippen LogP contribution in [0.4, 0.5) is 0 Å². The SMILES string of the molecule is Cc1ccc(C(=O)C(C)Oc2cccc(I)c2)cc1. The van der Waals surface area contributed by atoms with Crippen molar-refractivity contribution in [2.45, 2.75) is 20.0 Å². The lowest BCUT2D eigenvalue weighted by atomic mass is 10.1. The van der Waals surface area contributed by atoms with E-state index in [0.717, 1.165) is 14.9 Å². The van der Waals surface area contributed by atoms with Crippen LogP contribution < -0.4 is 4.74 Å². The minimum atomic E-state index is -0.485. The number of hydrogen-bond donors (Lipinski definition) is 0. The topological polar surface area (TPSA) is 26.3 Å². The third kappa shape index (κ3) is 3.80. The molecule has 1 atom stereocenters. The highest BCUT2D eigenvalue weighted by Gasteiger charge is 2.16. The third-order valence-corrected chi connectivity index (χ3v) is 3.49. The molecular formula is C16H15IO2. The van der Waals surface area contributed by atoms with Gasteiger partial charge in [-0.3, -0.25) is 4.79 Å². The summed E-state index contributed by atoms with van der Waals surface area (Å²) in [5.41, 5.74) is 1.83. The second-order valence-corrected chi connectivity index (χ2v) is 5.69. The molecule has 0 spiro atoms. The van der Waals surface area contributed by atoms with E-state index in [0.29, 0.717) is 5.56 Å². The van der Waals surface area contributed by atoms with Gasteiger partial charge in [-0.2, -0.15) is 0 Å². The van der Waals surface area contributed by atoms with Gasteiger partial charge in [0.15, 0.2) is 6.10 Å².